The van der Waals surface area contributed by atoms with E-state index in [0.29, 0.717) is 96.7 Å². The van der Waals surface area contributed by atoms with E-state index >= 15 is 0 Å². The molecular formula is C58H80N6O11S. The Kier molecular flexibility index (Phi) is 19.9. The number of carbonyl (C=O) groups is 7. The molecule has 4 aliphatic carbocycles. The molecule has 0 radical (unpaired) electrons. The molecule has 6 aliphatic rings. The van der Waals surface area contributed by atoms with Gasteiger partial charge in [0.1, 0.15) is 12.4 Å². The van der Waals surface area contributed by atoms with E-state index in [4.69, 9.17) is 14.2 Å². The third-order valence-corrected chi connectivity index (χ3v) is 19.0. The smallest absolute Gasteiger partial charge is 0.315 e. The quantitative estimate of drug-likeness (QED) is 0.0210. The zero-order valence-electron chi connectivity index (χ0n) is 44.6. The van der Waals surface area contributed by atoms with Crippen molar-refractivity contribution in [3.8, 4) is 0 Å². The van der Waals surface area contributed by atoms with Crippen molar-refractivity contribution in [2.45, 2.75) is 147 Å². The monoisotopic (exact) mass is 1070 g/mol. The molecule has 0 aromatic heterocycles. The molecule has 414 valence electrons. The summed E-state index contributed by atoms with van der Waals surface area (Å²) in [4.78, 5) is 87.4. The number of carbonyl (C=O) groups excluding carboxylic acids is 7. The van der Waals surface area contributed by atoms with Crippen LogP contribution in [0.5, 0.6) is 0 Å². The minimum Gasteiger partial charge on any atom is -0.393 e. The lowest BCUT2D eigenvalue weighted by Crippen LogP contribution is -2.55. The van der Waals surface area contributed by atoms with Gasteiger partial charge in [-0.2, -0.15) is 11.8 Å². The predicted octanol–water partition coefficient (Wildman–Crippen LogP) is 6.87. The Morgan fingerprint density at radius 1 is 0.724 bits per heavy atom. The highest BCUT2D eigenvalue weighted by molar-refractivity contribution is 8.00. The van der Waals surface area contributed by atoms with Gasteiger partial charge in [-0.25, -0.2) is 4.79 Å². The zero-order chi connectivity index (χ0) is 53.8. The number of hydrogen-bond donors (Lipinski definition) is 7. The summed E-state index contributed by atoms with van der Waals surface area (Å²) in [6.07, 6.45) is 14.6. The van der Waals surface area contributed by atoms with Gasteiger partial charge in [-0.1, -0.05) is 38.3 Å². The van der Waals surface area contributed by atoms with Crippen LogP contribution in [0.4, 0.5) is 16.2 Å². The van der Waals surface area contributed by atoms with Crippen molar-refractivity contribution in [1.82, 2.24) is 21.3 Å². The predicted molar refractivity (Wildman–Crippen MR) is 291 cm³/mol. The fourth-order valence-electron chi connectivity index (χ4n) is 13.5. The van der Waals surface area contributed by atoms with Crippen molar-refractivity contribution in [1.29, 1.82) is 0 Å². The second-order valence-corrected chi connectivity index (χ2v) is 23.7. The van der Waals surface area contributed by atoms with E-state index in [1.165, 1.54) is 5.57 Å². The Morgan fingerprint density at radius 2 is 1.42 bits per heavy atom. The molecule has 0 spiro atoms. The van der Waals surface area contributed by atoms with Gasteiger partial charge in [-0.3, -0.25) is 28.8 Å². The fourth-order valence-corrected chi connectivity index (χ4v) is 15.0. The van der Waals surface area contributed by atoms with Crippen LogP contribution in [0.2, 0.25) is 0 Å². The highest BCUT2D eigenvalue weighted by atomic mass is 32.2. The number of benzene rings is 2. The minimum atomic E-state index is -0.467. The Balaban J connectivity index is 0.654. The number of thioether (sulfide) groups is 1. The first-order valence-electron chi connectivity index (χ1n) is 27.8. The molecule has 5 fully saturated rings. The van der Waals surface area contributed by atoms with Crippen LogP contribution in [0.25, 0.3) is 0 Å². The molecule has 8 rings (SSSR count). The van der Waals surface area contributed by atoms with Crippen LogP contribution in [-0.4, -0.2) is 128 Å². The van der Waals surface area contributed by atoms with Gasteiger partial charge in [-0.15, -0.1) is 0 Å². The lowest BCUT2D eigenvalue weighted by molar-refractivity contribution is -0.134. The summed E-state index contributed by atoms with van der Waals surface area (Å²) in [7, 11) is 0. The van der Waals surface area contributed by atoms with Crippen molar-refractivity contribution < 1.29 is 52.9 Å². The first-order chi connectivity index (χ1) is 36.6. The van der Waals surface area contributed by atoms with Gasteiger partial charge in [0.2, 0.25) is 23.6 Å². The number of rotatable bonds is 27. The Hall–Kier alpha value is -5.14. The van der Waals surface area contributed by atoms with Gasteiger partial charge in [0.25, 0.3) is 0 Å². The first-order valence-corrected chi connectivity index (χ1v) is 28.9. The van der Waals surface area contributed by atoms with Crippen molar-refractivity contribution in [3.63, 3.8) is 0 Å². The van der Waals surface area contributed by atoms with Crippen LogP contribution in [0.1, 0.15) is 133 Å². The molecule has 76 heavy (non-hydrogen) atoms. The Morgan fingerprint density at radius 3 is 2.16 bits per heavy atom. The van der Waals surface area contributed by atoms with Crippen LogP contribution in [0.15, 0.2) is 60.2 Å². The van der Waals surface area contributed by atoms with Gasteiger partial charge in [0.05, 0.1) is 50.7 Å². The van der Waals surface area contributed by atoms with Gasteiger partial charge in [-0.05, 0) is 155 Å². The summed E-state index contributed by atoms with van der Waals surface area (Å²) in [6, 6.07) is 13.5. The number of unbranched alkanes of at least 4 members (excludes halogenated alkanes) is 3. The summed E-state index contributed by atoms with van der Waals surface area (Å²) in [5.41, 5.74) is 3.35. The fraction of sp³-hybridized carbons (Fsp3) is 0.638. The summed E-state index contributed by atoms with van der Waals surface area (Å²) in [5, 5.41) is 28.0. The number of hydrogen-bond acceptors (Lipinski definition) is 12. The lowest BCUT2D eigenvalue weighted by Gasteiger charge is -2.59. The molecule has 11 atom stereocenters. The van der Waals surface area contributed by atoms with Crippen LogP contribution >= 0.6 is 11.8 Å². The molecule has 2 heterocycles. The number of aliphatic hydroxyl groups is 1. The van der Waals surface area contributed by atoms with Gasteiger partial charge in [0, 0.05) is 65.4 Å². The average Bonchev–Trinajstić information content (AvgIpc) is 4.24. The molecule has 17 nitrogen and oxygen atoms in total. The van der Waals surface area contributed by atoms with E-state index in [0.717, 1.165) is 76.4 Å². The normalized spacial score (nSPS) is 29.1. The van der Waals surface area contributed by atoms with Crippen molar-refractivity contribution in [2.75, 3.05) is 62.5 Å². The molecule has 2 aromatic rings. The van der Waals surface area contributed by atoms with E-state index in [9.17, 15) is 38.7 Å². The molecule has 7 N–H and O–H groups in total. The number of fused-ring (bicyclic) bond motifs is 6. The molecule has 2 saturated heterocycles. The average molecular weight is 1070 g/mol. The highest BCUT2D eigenvalue weighted by Gasteiger charge is 2.61. The first kappa shape index (κ1) is 57.0. The number of Topliss-reactive ketones (excluding diaryl/α,β-unsaturated/α-hetero) is 1. The standard InChI is InChI=1S/C58H80N6O11S/c1-36(65)43-20-21-44-53-45(23-25-58(43,44)3)57(2)24-22-42(66)31-39(57)32-47(53)75-27-8-4-5-11-50(68)61-40-16-12-37(13-17-40)55(71)38-14-18-41(19-15-38)62-51(69)33-60-52(70)34-74-30-29-73-28-26-59-49(67)10-7-6-9-48-54-46(35-76-48)63-56(72)64-54/h12-19,32,42-48,53-54,66H,4-11,20-31,33-35H2,1-3H3,(H,59,67)(H,60,70)(H,61,68)(H,62,69)(H2,63,64,72)/t42-,43+,44-,45-,46-,47+,48-,53-,54-,57-,58+/m0/s1. The molecule has 0 bridgehead atoms. The van der Waals surface area contributed by atoms with Crippen LogP contribution in [0.3, 0.4) is 0 Å². The molecule has 18 heteroatoms. The Labute approximate surface area is 451 Å². The number of anilines is 2. The SMILES string of the molecule is CC(=O)[C@H]1CC[C@H]2[C@@H]3[C@H](OCCCCCC(=O)Nc4ccc(C(=O)c5ccc(NC(=O)CNC(=O)COCCOCCNC(=O)CCCC[C@@H]6SC[C@@H]7NC(=O)N[C@@H]76)cc5)cc4)C=C4C[C@@H](O)CC[C@]4(C)[C@H]3CC[C@]12C. The van der Waals surface area contributed by atoms with Crippen LogP contribution < -0.4 is 31.9 Å². The number of urea groups is 1. The number of aliphatic hydroxyl groups excluding tert-OH is 1. The molecular weight excluding hydrogens is 989 g/mol. The second-order valence-electron chi connectivity index (χ2n) is 22.5. The zero-order valence-corrected chi connectivity index (χ0v) is 45.4. The number of ketones is 2. The van der Waals surface area contributed by atoms with Crippen molar-refractivity contribution >= 4 is 64.4 Å². The molecule has 3 saturated carbocycles. The van der Waals surface area contributed by atoms with Crippen molar-refractivity contribution in [2.24, 2.45) is 34.5 Å². The minimum absolute atomic E-state index is 0.00926. The summed E-state index contributed by atoms with van der Waals surface area (Å²) in [5.74, 6) is 1.39. The Bertz CT molecular complexity index is 2420. The maximum Gasteiger partial charge on any atom is 0.315 e. The maximum atomic E-state index is 13.3. The van der Waals surface area contributed by atoms with E-state index in [2.05, 4.69) is 51.8 Å². The van der Waals surface area contributed by atoms with Gasteiger partial charge in [0.15, 0.2) is 5.78 Å². The third kappa shape index (κ3) is 14.3. The van der Waals surface area contributed by atoms with E-state index < -0.39 is 11.8 Å². The van der Waals surface area contributed by atoms with Crippen LogP contribution in [0, 0.1) is 34.5 Å². The molecule has 6 amide bonds. The highest BCUT2D eigenvalue weighted by Crippen LogP contribution is 2.66. The third-order valence-electron chi connectivity index (χ3n) is 17.5. The lowest BCUT2D eigenvalue weighted by atomic mass is 9.46. The summed E-state index contributed by atoms with van der Waals surface area (Å²) in [6.45, 7) is 7.69. The molecule has 2 aliphatic heterocycles. The summed E-state index contributed by atoms with van der Waals surface area (Å²) < 4.78 is 17.6. The topological polar surface area (TPSA) is 240 Å². The molecule has 2 aromatic carbocycles. The molecule has 0 unspecified atom stereocenters. The van der Waals surface area contributed by atoms with Crippen LogP contribution in [-0.2, 0) is 38.2 Å². The van der Waals surface area contributed by atoms with Gasteiger partial charge < -0.3 is 51.2 Å². The van der Waals surface area contributed by atoms with Crippen molar-refractivity contribution in [3.05, 3.63) is 71.3 Å². The largest absolute Gasteiger partial charge is 0.393 e. The van der Waals surface area contributed by atoms with E-state index in [-0.39, 0.29) is 91.0 Å². The van der Waals surface area contributed by atoms with Gasteiger partial charge >= 0.3 is 6.03 Å². The number of ether oxygens (including phenoxy) is 3. The van der Waals surface area contributed by atoms with E-state index in [1.54, 1.807) is 55.5 Å². The number of nitrogens with one attached hydrogen (secondary N) is 6. The number of amides is 6. The summed E-state index contributed by atoms with van der Waals surface area (Å²) >= 11 is 1.87. The second kappa shape index (κ2) is 26.5. The van der Waals surface area contributed by atoms with E-state index in [1.807, 2.05) is 11.8 Å². The maximum absolute atomic E-state index is 13.3.